The monoisotopic (exact) mass is 269 g/mol. The van der Waals surface area contributed by atoms with Gasteiger partial charge in [0.15, 0.2) is 0 Å². The van der Waals surface area contributed by atoms with E-state index in [2.05, 4.69) is 4.40 Å². The van der Waals surface area contributed by atoms with Gasteiger partial charge < -0.3 is 0 Å². The Hall–Kier alpha value is -1.03. The van der Waals surface area contributed by atoms with Gasteiger partial charge in [0, 0.05) is 12.1 Å². The molecular weight excluding hydrogens is 249 g/mol. The van der Waals surface area contributed by atoms with Crippen LogP contribution in [0.25, 0.3) is 0 Å². The van der Waals surface area contributed by atoms with Crippen molar-refractivity contribution in [3.63, 3.8) is 0 Å². The van der Waals surface area contributed by atoms with E-state index in [0.29, 0.717) is 0 Å². The number of hydrogen-bond donors (Lipinski definition) is 0. The summed E-state index contributed by atoms with van der Waals surface area (Å²) in [5.74, 6) is -0.166. The first-order valence-corrected chi connectivity index (χ1v) is 7.17. The fourth-order valence-electron chi connectivity index (χ4n) is 1.42. The molecule has 1 aromatic rings. The molecule has 2 nitrogen and oxygen atoms in total. The molecule has 0 radical (unpaired) electrons. The van der Waals surface area contributed by atoms with E-state index < -0.39 is 11.0 Å². The molecule has 0 aliphatic carbocycles. The lowest BCUT2D eigenvalue weighted by molar-refractivity contribution is 0.626. The highest BCUT2D eigenvalue weighted by atomic mass is 32.2. The van der Waals surface area contributed by atoms with Gasteiger partial charge in [0.1, 0.15) is 16.8 Å². The fraction of sp³-hybridized carbons (Fsp3) is 0.500. The van der Waals surface area contributed by atoms with Crippen LogP contribution < -0.4 is 0 Å². The smallest absolute Gasteiger partial charge is 0.144 e. The maximum Gasteiger partial charge on any atom is 0.144 e. The van der Waals surface area contributed by atoms with Crippen molar-refractivity contribution in [2.75, 3.05) is 0 Å². The lowest BCUT2D eigenvalue weighted by Gasteiger charge is -2.14. The normalized spacial score (nSPS) is 15.8. The maximum atomic E-state index is 12.8. The van der Waals surface area contributed by atoms with Crippen LogP contribution in [0.15, 0.2) is 28.7 Å². The Balaban J connectivity index is 2.83. The van der Waals surface area contributed by atoms with E-state index in [1.807, 2.05) is 27.7 Å². The van der Waals surface area contributed by atoms with Crippen molar-refractivity contribution in [2.45, 2.75) is 44.8 Å². The van der Waals surface area contributed by atoms with Gasteiger partial charge in [-0.25, -0.2) is 8.60 Å². The average Bonchev–Trinajstić information content (AvgIpc) is 2.30. The molecule has 0 aliphatic heterocycles. The third-order valence-corrected chi connectivity index (χ3v) is 3.96. The zero-order valence-electron chi connectivity index (χ0n) is 11.3. The molecule has 2 atom stereocenters. The van der Waals surface area contributed by atoms with Crippen molar-refractivity contribution in [1.29, 1.82) is 0 Å². The van der Waals surface area contributed by atoms with Crippen LogP contribution in [0.3, 0.4) is 0 Å². The molecule has 100 valence electrons. The molecule has 1 aromatic carbocycles. The molecule has 0 aromatic heterocycles. The number of rotatable bonds is 4. The number of hydrogen-bond acceptors (Lipinski definition) is 1. The topological polar surface area (TPSA) is 29.4 Å². The molecule has 0 bridgehead atoms. The van der Waals surface area contributed by atoms with Crippen molar-refractivity contribution < 1.29 is 8.60 Å². The molecule has 0 saturated heterocycles. The summed E-state index contributed by atoms with van der Waals surface area (Å²) in [6, 6.07) is 6.37. The SMILES string of the molecule is CCC(/C=N/S(=O)C(C)(C)C)c1ccc(F)cc1. The highest BCUT2D eigenvalue weighted by Gasteiger charge is 2.18. The first-order valence-electron chi connectivity index (χ1n) is 6.06. The fourth-order valence-corrected chi connectivity index (χ4v) is 2.00. The van der Waals surface area contributed by atoms with Crippen LogP contribution in [-0.4, -0.2) is 15.2 Å². The Kier molecular flexibility index (Phi) is 5.20. The molecule has 0 fully saturated rings. The van der Waals surface area contributed by atoms with Crippen LogP contribution in [0.4, 0.5) is 4.39 Å². The van der Waals surface area contributed by atoms with Crippen molar-refractivity contribution in [3.05, 3.63) is 35.6 Å². The van der Waals surface area contributed by atoms with Gasteiger partial charge >= 0.3 is 0 Å². The Labute approximate surface area is 111 Å². The van der Waals surface area contributed by atoms with Crippen molar-refractivity contribution in [2.24, 2.45) is 4.40 Å². The summed E-state index contributed by atoms with van der Waals surface area (Å²) < 4.78 is 28.4. The predicted molar refractivity (Wildman–Crippen MR) is 75.8 cm³/mol. The Morgan fingerprint density at radius 1 is 1.33 bits per heavy atom. The number of halogens is 1. The second-order valence-electron chi connectivity index (χ2n) is 5.18. The van der Waals surface area contributed by atoms with Crippen molar-refractivity contribution in [1.82, 2.24) is 0 Å². The van der Waals surface area contributed by atoms with E-state index in [4.69, 9.17) is 0 Å². The van der Waals surface area contributed by atoms with Gasteiger partial charge in [-0.05, 0) is 44.9 Å². The van der Waals surface area contributed by atoms with Crippen LogP contribution in [-0.2, 0) is 11.0 Å². The van der Waals surface area contributed by atoms with E-state index in [9.17, 15) is 8.60 Å². The van der Waals surface area contributed by atoms with Crippen LogP contribution in [0.1, 0.15) is 45.6 Å². The largest absolute Gasteiger partial charge is 0.234 e. The minimum atomic E-state index is -1.24. The Morgan fingerprint density at radius 2 is 1.89 bits per heavy atom. The molecule has 0 saturated carbocycles. The summed E-state index contributed by atoms with van der Waals surface area (Å²) in [4.78, 5) is 0. The van der Waals surface area contributed by atoms with Crippen LogP contribution in [0, 0.1) is 5.82 Å². The third kappa shape index (κ3) is 4.33. The number of nitrogens with zero attached hydrogens (tertiary/aromatic N) is 1. The zero-order valence-corrected chi connectivity index (χ0v) is 12.1. The van der Waals surface area contributed by atoms with Crippen molar-refractivity contribution >= 4 is 17.2 Å². The van der Waals surface area contributed by atoms with Crippen molar-refractivity contribution in [3.8, 4) is 0 Å². The van der Waals surface area contributed by atoms with Gasteiger partial charge in [-0.15, -0.1) is 0 Å². The summed E-state index contributed by atoms with van der Waals surface area (Å²) >= 11 is 0. The van der Waals surface area contributed by atoms with Gasteiger partial charge in [0.05, 0.1) is 4.75 Å². The van der Waals surface area contributed by atoms with E-state index in [-0.39, 0.29) is 16.5 Å². The molecular formula is C14H20FNOS. The average molecular weight is 269 g/mol. The van der Waals surface area contributed by atoms with Crippen LogP contribution in [0.5, 0.6) is 0 Å². The van der Waals surface area contributed by atoms with Gasteiger partial charge in [0.2, 0.25) is 0 Å². The Morgan fingerprint density at radius 3 is 2.33 bits per heavy atom. The van der Waals surface area contributed by atoms with E-state index >= 15 is 0 Å². The quantitative estimate of drug-likeness (QED) is 0.763. The van der Waals surface area contributed by atoms with Gasteiger partial charge in [0.25, 0.3) is 0 Å². The first kappa shape index (κ1) is 15.0. The maximum absolute atomic E-state index is 12.8. The van der Waals surface area contributed by atoms with E-state index in [0.717, 1.165) is 12.0 Å². The predicted octanol–water partition coefficient (Wildman–Crippen LogP) is 3.85. The summed E-state index contributed by atoms with van der Waals surface area (Å²) in [6.45, 7) is 7.69. The van der Waals surface area contributed by atoms with Crippen LogP contribution in [0.2, 0.25) is 0 Å². The highest BCUT2D eigenvalue weighted by molar-refractivity contribution is 7.85. The highest BCUT2D eigenvalue weighted by Crippen LogP contribution is 2.19. The minimum Gasteiger partial charge on any atom is -0.234 e. The second kappa shape index (κ2) is 6.23. The molecule has 4 heteroatoms. The summed E-state index contributed by atoms with van der Waals surface area (Å²) in [6.07, 6.45) is 2.56. The number of benzene rings is 1. The lowest BCUT2D eigenvalue weighted by Crippen LogP contribution is -2.20. The molecule has 0 amide bonds. The zero-order chi connectivity index (χ0) is 13.8. The molecule has 2 unspecified atom stereocenters. The molecule has 0 N–H and O–H groups in total. The first-order chi connectivity index (χ1) is 8.34. The van der Waals surface area contributed by atoms with E-state index in [1.54, 1.807) is 18.3 Å². The van der Waals surface area contributed by atoms with Gasteiger partial charge in [-0.3, -0.25) is 0 Å². The summed E-state index contributed by atoms with van der Waals surface area (Å²) in [5.41, 5.74) is 0.994. The molecule has 0 heterocycles. The standard InChI is InChI=1S/C14H20FNOS/c1-5-11(10-16-18(17)14(2,3)4)12-6-8-13(15)9-7-12/h6-11H,5H2,1-4H3/b16-10+. The minimum absolute atomic E-state index is 0.0805. The third-order valence-electron chi connectivity index (χ3n) is 2.60. The molecule has 0 spiro atoms. The molecule has 18 heavy (non-hydrogen) atoms. The van der Waals surface area contributed by atoms with Crippen LogP contribution >= 0.6 is 0 Å². The second-order valence-corrected chi connectivity index (χ2v) is 7.12. The molecule has 0 aliphatic rings. The van der Waals surface area contributed by atoms with E-state index in [1.165, 1.54) is 12.1 Å². The Bertz CT molecular complexity index is 434. The lowest BCUT2D eigenvalue weighted by atomic mass is 9.98. The summed E-state index contributed by atoms with van der Waals surface area (Å²) in [7, 11) is -1.24. The summed E-state index contributed by atoms with van der Waals surface area (Å²) in [5, 5.41) is 0. The van der Waals surface area contributed by atoms with Gasteiger partial charge in [-0.1, -0.05) is 19.1 Å². The molecule has 1 rings (SSSR count). The van der Waals surface area contributed by atoms with Gasteiger partial charge in [-0.2, -0.15) is 4.40 Å².